The summed E-state index contributed by atoms with van der Waals surface area (Å²) in [5, 5.41) is 2.87. The van der Waals surface area contributed by atoms with Crippen LogP contribution < -0.4 is 20.2 Å². The zero-order chi connectivity index (χ0) is 40.0. The molecular weight excluding hydrogens is 729 g/mol. The third-order valence-electron chi connectivity index (χ3n) is 11.4. The summed E-state index contributed by atoms with van der Waals surface area (Å²) < 4.78 is 0. The molecular formula is C56H46N2Si. The number of para-hydroxylation sites is 3. The van der Waals surface area contributed by atoms with Crippen LogP contribution in [0.1, 0.15) is 0 Å². The van der Waals surface area contributed by atoms with E-state index >= 15 is 0 Å². The Hall–Kier alpha value is -7.20. The molecule has 0 amide bonds. The molecule has 2 nitrogen and oxygen atoms in total. The van der Waals surface area contributed by atoms with E-state index in [4.69, 9.17) is 0 Å². The number of hydrogen-bond donors (Lipinski definition) is 0. The first-order valence-electron chi connectivity index (χ1n) is 20.3. The van der Waals surface area contributed by atoms with E-state index in [-0.39, 0.29) is 0 Å². The lowest BCUT2D eigenvalue weighted by Crippen LogP contribution is -2.52. The highest BCUT2D eigenvalue weighted by atomic mass is 28.3. The lowest BCUT2D eigenvalue weighted by molar-refractivity contribution is 1.28. The summed E-state index contributed by atoms with van der Waals surface area (Å²) in [6.07, 6.45) is 0. The standard InChI is InChI=1S/C56H46N2Si/c1-59(2,53-23-13-6-14-24-53)54-41-39-51(40-42-54)57(48-19-9-4-10-20-48)50-35-31-45(32-36-50)43-27-29-44(30-28-43)46-33-37-52(38-34-46)58(49-21-11-5-12-22-49)56-26-16-15-25-55(56)47-17-7-3-8-18-47/h3-42H,1-2H3. The van der Waals surface area contributed by atoms with Crippen LogP contribution in [-0.4, -0.2) is 8.07 Å². The van der Waals surface area contributed by atoms with Gasteiger partial charge >= 0.3 is 0 Å². The first-order chi connectivity index (χ1) is 29.0. The monoisotopic (exact) mass is 774 g/mol. The number of benzene rings is 9. The van der Waals surface area contributed by atoms with Crippen molar-refractivity contribution in [2.75, 3.05) is 9.80 Å². The third-order valence-corrected chi connectivity index (χ3v) is 15.0. The highest BCUT2D eigenvalue weighted by Gasteiger charge is 2.26. The minimum Gasteiger partial charge on any atom is -0.311 e. The van der Waals surface area contributed by atoms with Gasteiger partial charge in [0.15, 0.2) is 0 Å². The molecule has 9 rings (SSSR count). The van der Waals surface area contributed by atoms with Crippen LogP contribution in [0, 0.1) is 0 Å². The summed E-state index contributed by atoms with van der Waals surface area (Å²) >= 11 is 0. The Morgan fingerprint density at radius 2 is 0.576 bits per heavy atom. The minimum atomic E-state index is -1.81. The Labute approximate surface area is 350 Å². The van der Waals surface area contributed by atoms with Gasteiger partial charge in [-0.05, 0) is 94.5 Å². The topological polar surface area (TPSA) is 6.48 Å². The van der Waals surface area contributed by atoms with E-state index in [1.54, 1.807) is 0 Å². The van der Waals surface area contributed by atoms with Gasteiger partial charge in [-0.1, -0.05) is 199 Å². The number of anilines is 6. The number of rotatable bonds is 11. The van der Waals surface area contributed by atoms with Crippen molar-refractivity contribution < 1.29 is 0 Å². The minimum absolute atomic E-state index is 1.11. The van der Waals surface area contributed by atoms with Crippen molar-refractivity contribution in [1.29, 1.82) is 0 Å². The Balaban J connectivity index is 0.964. The van der Waals surface area contributed by atoms with E-state index in [9.17, 15) is 0 Å². The summed E-state index contributed by atoms with van der Waals surface area (Å²) in [7, 11) is -1.81. The van der Waals surface area contributed by atoms with Crippen molar-refractivity contribution in [2.24, 2.45) is 0 Å². The molecule has 0 heterocycles. The molecule has 0 saturated carbocycles. The predicted octanol–water partition coefficient (Wildman–Crippen LogP) is 14.4. The van der Waals surface area contributed by atoms with E-state index in [0.29, 0.717) is 0 Å². The maximum atomic E-state index is 2.43. The van der Waals surface area contributed by atoms with E-state index < -0.39 is 8.07 Å². The molecule has 3 heteroatoms. The van der Waals surface area contributed by atoms with Crippen LogP contribution in [0.3, 0.4) is 0 Å². The largest absolute Gasteiger partial charge is 0.311 e. The summed E-state index contributed by atoms with van der Waals surface area (Å²) in [6.45, 7) is 4.86. The van der Waals surface area contributed by atoms with Gasteiger partial charge < -0.3 is 9.80 Å². The SMILES string of the molecule is C[Si](C)(c1ccccc1)c1ccc(N(c2ccccc2)c2ccc(-c3ccc(-c4ccc(N(c5ccccc5)c5ccccc5-c5ccccc5)cc4)cc3)cc2)cc1. The Kier molecular flexibility index (Phi) is 10.6. The smallest absolute Gasteiger partial charge is 0.112 e. The van der Waals surface area contributed by atoms with Gasteiger partial charge in [-0.3, -0.25) is 0 Å². The highest BCUT2D eigenvalue weighted by Crippen LogP contribution is 2.41. The number of hydrogen-bond acceptors (Lipinski definition) is 2. The zero-order valence-electron chi connectivity index (χ0n) is 33.5. The zero-order valence-corrected chi connectivity index (χ0v) is 34.5. The maximum absolute atomic E-state index is 2.43. The average molecular weight is 775 g/mol. The molecule has 0 aliphatic rings. The van der Waals surface area contributed by atoms with Gasteiger partial charge in [-0.25, -0.2) is 0 Å². The fourth-order valence-electron chi connectivity index (χ4n) is 8.07. The molecule has 0 atom stereocenters. The van der Waals surface area contributed by atoms with Crippen molar-refractivity contribution in [1.82, 2.24) is 0 Å². The Bertz CT molecular complexity index is 2730. The molecule has 284 valence electrons. The molecule has 0 N–H and O–H groups in total. The van der Waals surface area contributed by atoms with Gasteiger partial charge in [-0.15, -0.1) is 0 Å². The fraction of sp³-hybridized carbons (Fsp3) is 0.0357. The van der Waals surface area contributed by atoms with Crippen molar-refractivity contribution in [3.8, 4) is 33.4 Å². The molecule has 0 aliphatic heterocycles. The molecule has 0 aromatic heterocycles. The van der Waals surface area contributed by atoms with E-state index in [1.807, 2.05) is 0 Å². The van der Waals surface area contributed by atoms with Gasteiger partial charge in [0.1, 0.15) is 8.07 Å². The summed E-state index contributed by atoms with van der Waals surface area (Å²) in [6, 6.07) is 87.5. The summed E-state index contributed by atoms with van der Waals surface area (Å²) in [4.78, 5) is 4.69. The van der Waals surface area contributed by atoms with E-state index in [1.165, 1.54) is 43.8 Å². The fourth-order valence-corrected chi connectivity index (χ4v) is 10.4. The van der Waals surface area contributed by atoms with Gasteiger partial charge in [0.25, 0.3) is 0 Å². The van der Waals surface area contributed by atoms with Crippen molar-refractivity contribution in [3.63, 3.8) is 0 Å². The van der Waals surface area contributed by atoms with Gasteiger partial charge in [0.05, 0.1) is 5.69 Å². The first-order valence-corrected chi connectivity index (χ1v) is 23.3. The molecule has 0 saturated heterocycles. The van der Waals surface area contributed by atoms with Crippen LogP contribution in [0.4, 0.5) is 34.1 Å². The van der Waals surface area contributed by atoms with Crippen molar-refractivity contribution in [2.45, 2.75) is 13.1 Å². The lowest BCUT2D eigenvalue weighted by atomic mass is 9.99. The molecule has 9 aromatic rings. The van der Waals surface area contributed by atoms with Crippen LogP contribution in [0.25, 0.3) is 33.4 Å². The second-order valence-electron chi connectivity index (χ2n) is 15.4. The van der Waals surface area contributed by atoms with E-state index in [2.05, 4.69) is 266 Å². The third kappa shape index (κ3) is 7.89. The van der Waals surface area contributed by atoms with E-state index in [0.717, 1.165) is 34.1 Å². The molecule has 9 aromatic carbocycles. The Morgan fingerprint density at radius 1 is 0.254 bits per heavy atom. The van der Waals surface area contributed by atoms with Crippen LogP contribution in [0.15, 0.2) is 243 Å². The summed E-state index contributed by atoms with van der Waals surface area (Å²) in [5.41, 5.74) is 13.9. The normalized spacial score (nSPS) is 11.2. The molecule has 0 spiro atoms. The molecule has 59 heavy (non-hydrogen) atoms. The highest BCUT2D eigenvalue weighted by molar-refractivity contribution is 7.00. The molecule has 0 radical (unpaired) electrons. The number of nitrogens with zero attached hydrogens (tertiary/aromatic N) is 2. The van der Waals surface area contributed by atoms with Gasteiger partial charge in [-0.2, -0.15) is 0 Å². The van der Waals surface area contributed by atoms with Crippen molar-refractivity contribution >= 4 is 52.6 Å². The first kappa shape index (κ1) is 37.4. The second-order valence-corrected chi connectivity index (χ2v) is 19.8. The van der Waals surface area contributed by atoms with Crippen LogP contribution in [-0.2, 0) is 0 Å². The average Bonchev–Trinajstić information content (AvgIpc) is 3.31. The molecule has 0 unspecified atom stereocenters. The lowest BCUT2D eigenvalue weighted by Gasteiger charge is -2.28. The molecule has 0 bridgehead atoms. The Morgan fingerprint density at radius 3 is 1.07 bits per heavy atom. The van der Waals surface area contributed by atoms with Crippen LogP contribution >= 0.6 is 0 Å². The predicted molar refractivity (Wildman–Crippen MR) is 255 cm³/mol. The van der Waals surface area contributed by atoms with Crippen LogP contribution in [0.2, 0.25) is 13.1 Å². The quantitative estimate of drug-likeness (QED) is 0.121. The molecule has 0 aliphatic carbocycles. The summed E-state index contributed by atoms with van der Waals surface area (Å²) in [5.74, 6) is 0. The van der Waals surface area contributed by atoms with Crippen LogP contribution in [0.5, 0.6) is 0 Å². The van der Waals surface area contributed by atoms with Crippen molar-refractivity contribution in [3.05, 3.63) is 243 Å². The molecule has 0 fully saturated rings. The second kappa shape index (κ2) is 16.7. The van der Waals surface area contributed by atoms with Gasteiger partial charge in [0.2, 0.25) is 0 Å². The maximum Gasteiger partial charge on any atom is 0.112 e. The van der Waals surface area contributed by atoms with Gasteiger partial charge in [0, 0.05) is 34.0 Å².